The Morgan fingerprint density at radius 1 is 1.08 bits per heavy atom. The zero-order chi connectivity index (χ0) is 19.2. The van der Waals surface area contributed by atoms with E-state index in [4.69, 9.17) is 11.6 Å². The fourth-order valence-corrected chi connectivity index (χ4v) is 4.42. The van der Waals surface area contributed by atoms with E-state index < -0.39 is 15.6 Å². The molecular weight excluding hydrogens is 376 g/mol. The Hall–Kier alpha value is -1.60. The smallest absolute Gasteiger partial charge is 0.254 e. The van der Waals surface area contributed by atoms with Gasteiger partial charge in [0.05, 0.1) is 5.75 Å². The molecule has 1 aliphatic rings. The maximum Gasteiger partial charge on any atom is 0.254 e. The normalized spacial score (nSPS) is 15.2. The first-order chi connectivity index (χ1) is 12.3. The van der Waals surface area contributed by atoms with Crippen LogP contribution in [-0.2, 0) is 14.6 Å². The molecule has 1 saturated heterocycles. The monoisotopic (exact) mass is 400 g/mol. The molecule has 0 aliphatic carbocycles. The van der Waals surface area contributed by atoms with Crippen LogP contribution in [0.1, 0.15) is 36.5 Å². The lowest BCUT2D eigenvalue weighted by Crippen LogP contribution is -2.51. The second-order valence-corrected chi connectivity index (χ2v) is 9.10. The van der Waals surface area contributed by atoms with Crippen LogP contribution in [-0.4, -0.2) is 67.7 Å². The minimum absolute atomic E-state index is 0.0554. The van der Waals surface area contributed by atoms with E-state index in [1.807, 2.05) is 6.92 Å². The van der Waals surface area contributed by atoms with Gasteiger partial charge in [0.25, 0.3) is 5.91 Å². The maximum absolute atomic E-state index is 12.5. The average Bonchev–Trinajstić information content (AvgIpc) is 2.61. The van der Waals surface area contributed by atoms with Gasteiger partial charge >= 0.3 is 0 Å². The standard InChI is InChI=1S/C18H25ClN2O4S/c1-2-3-4-12-26(24,25)14-17(22)20-8-10-21(11-9-20)18(23)15-6-5-7-16(19)13-15/h5-7,13H,2-4,8-12,14H2,1H3. The molecule has 1 aromatic rings. The third-order valence-electron chi connectivity index (χ3n) is 4.39. The van der Waals surface area contributed by atoms with Gasteiger partial charge in [-0.3, -0.25) is 9.59 Å². The fraction of sp³-hybridized carbons (Fsp3) is 0.556. The summed E-state index contributed by atoms with van der Waals surface area (Å²) in [6.45, 7) is 3.45. The maximum atomic E-state index is 12.5. The summed E-state index contributed by atoms with van der Waals surface area (Å²) in [7, 11) is -3.37. The number of carbonyl (C=O) groups is 2. The molecule has 0 N–H and O–H groups in total. The number of rotatable bonds is 7. The Morgan fingerprint density at radius 3 is 2.35 bits per heavy atom. The van der Waals surface area contributed by atoms with E-state index in [9.17, 15) is 18.0 Å². The number of piperazine rings is 1. The van der Waals surface area contributed by atoms with Crippen molar-refractivity contribution in [1.29, 1.82) is 0 Å². The van der Waals surface area contributed by atoms with E-state index in [-0.39, 0.29) is 17.6 Å². The zero-order valence-electron chi connectivity index (χ0n) is 15.0. The summed E-state index contributed by atoms with van der Waals surface area (Å²) in [5.74, 6) is -0.901. The summed E-state index contributed by atoms with van der Waals surface area (Å²) in [5, 5.41) is 0.498. The van der Waals surface area contributed by atoms with Crippen LogP contribution in [0.2, 0.25) is 5.02 Å². The van der Waals surface area contributed by atoms with Gasteiger partial charge in [-0.25, -0.2) is 8.42 Å². The van der Waals surface area contributed by atoms with Crippen molar-refractivity contribution in [3.05, 3.63) is 34.9 Å². The molecular formula is C18H25ClN2O4S. The van der Waals surface area contributed by atoms with Crippen LogP contribution in [0.5, 0.6) is 0 Å². The molecule has 2 amide bonds. The number of carbonyl (C=O) groups excluding carboxylic acids is 2. The lowest BCUT2D eigenvalue weighted by molar-refractivity contribution is -0.129. The third-order valence-corrected chi connectivity index (χ3v) is 6.23. The lowest BCUT2D eigenvalue weighted by Gasteiger charge is -2.34. The van der Waals surface area contributed by atoms with Gasteiger partial charge < -0.3 is 9.80 Å². The van der Waals surface area contributed by atoms with Crippen molar-refractivity contribution in [2.24, 2.45) is 0 Å². The number of amides is 2. The summed E-state index contributed by atoms with van der Waals surface area (Å²) >= 11 is 5.92. The van der Waals surface area contributed by atoms with E-state index in [2.05, 4.69) is 0 Å². The summed E-state index contributed by atoms with van der Waals surface area (Å²) in [5.41, 5.74) is 0.510. The van der Waals surface area contributed by atoms with Crippen LogP contribution in [0.3, 0.4) is 0 Å². The minimum Gasteiger partial charge on any atom is -0.338 e. The molecule has 0 aromatic heterocycles. The largest absolute Gasteiger partial charge is 0.338 e. The van der Waals surface area contributed by atoms with Gasteiger partial charge in [-0.2, -0.15) is 0 Å². The van der Waals surface area contributed by atoms with E-state index in [1.165, 1.54) is 4.90 Å². The summed E-state index contributed by atoms with van der Waals surface area (Å²) < 4.78 is 24.0. The molecule has 1 heterocycles. The van der Waals surface area contributed by atoms with Gasteiger partial charge in [-0.05, 0) is 24.6 Å². The number of halogens is 1. The summed E-state index contributed by atoms with van der Waals surface area (Å²) in [6, 6.07) is 6.74. The Labute approximate surface area is 160 Å². The predicted molar refractivity (Wildman–Crippen MR) is 102 cm³/mol. The van der Waals surface area contributed by atoms with Crippen molar-refractivity contribution in [2.45, 2.75) is 26.2 Å². The topological polar surface area (TPSA) is 74.8 Å². The van der Waals surface area contributed by atoms with Crippen molar-refractivity contribution in [3.63, 3.8) is 0 Å². The minimum atomic E-state index is -3.37. The Bertz CT molecular complexity index is 743. The van der Waals surface area contributed by atoms with Crippen molar-refractivity contribution in [2.75, 3.05) is 37.7 Å². The Balaban J connectivity index is 1.85. The van der Waals surface area contributed by atoms with Crippen LogP contribution in [0.25, 0.3) is 0 Å². The molecule has 2 rings (SSSR count). The van der Waals surface area contributed by atoms with Crippen molar-refractivity contribution in [1.82, 2.24) is 9.80 Å². The van der Waals surface area contributed by atoms with Crippen LogP contribution in [0, 0.1) is 0 Å². The number of benzene rings is 1. The van der Waals surface area contributed by atoms with Gasteiger partial charge in [-0.15, -0.1) is 0 Å². The molecule has 0 saturated carbocycles. The van der Waals surface area contributed by atoms with E-state index >= 15 is 0 Å². The molecule has 1 fully saturated rings. The van der Waals surface area contributed by atoms with Crippen molar-refractivity contribution < 1.29 is 18.0 Å². The molecule has 1 aromatic carbocycles. The molecule has 0 bridgehead atoms. The van der Waals surface area contributed by atoms with Gasteiger partial charge in [0.1, 0.15) is 5.75 Å². The van der Waals surface area contributed by atoms with Crippen LogP contribution in [0.15, 0.2) is 24.3 Å². The Morgan fingerprint density at radius 2 is 1.73 bits per heavy atom. The van der Waals surface area contributed by atoms with Crippen LogP contribution < -0.4 is 0 Å². The average molecular weight is 401 g/mol. The summed E-state index contributed by atoms with van der Waals surface area (Å²) in [6.07, 6.45) is 2.37. The molecule has 0 unspecified atom stereocenters. The first-order valence-corrected chi connectivity index (χ1v) is 11.1. The first-order valence-electron chi connectivity index (χ1n) is 8.85. The molecule has 0 radical (unpaired) electrons. The predicted octanol–water partition coefficient (Wildman–Crippen LogP) is 2.23. The molecule has 0 spiro atoms. The number of hydrogen-bond donors (Lipinski definition) is 0. The molecule has 1 aliphatic heterocycles. The van der Waals surface area contributed by atoms with E-state index in [0.29, 0.717) is 43.2 Å². The second-order valence-electron chi connectivity index (χ2n) is 6.48. The highest BCUT2D eigenvalue weighted by atomic mass is 35.5. The van der Waals surface area contributed by atoms with E-state index in [0.717, 1.165) is 12.8 Å². The third kappa shape index (κ3) is 5.99. The molecule has 6 nitrogen and oxygen atoms in total. The van der Waals surface area contributed by atoms with Gasteiger partial charge in [0.2, 0.25) is 5.91 Å². The highest BCUT2D eigenvalue weighted by molar-refractivity contribution is 7.92. The highest BCUT2D eigenvalue weighted by Crippen LogP contribution is 2.14. The second kappa shape index (κ2) is 9.37. The van der Waals surface area contributed by atoms with Crippen LogP contribution in [0.4, 0.5) is 0 Å². The zero-order valence-corrected chi connectivity index (χ0v) is 16.6. The van der Waals surface area contributed by atoms with Gasteiger partial charge in [-0.1, -0.05) is 37.4 Å². The Kier molecular flexibility index (Phi) is 7.46. The van der Waals surface area contributed by atoms with Gasteiger partial charge in [0, 0.05) is 36.8 Å². The number of unbranched alkanes of at least 4 members (excludes halogenated alkanes) is 2. The van der Waals surface area contributed by atoms with Crippen LogP contribution >= 0.6 is 11.6 Å². The van der Waals surface area contributed by atoms with Crippen molar-refractivity contribution >= 4 is 33.3 Å². The molecule has 144 valence electrons. The lowest BCUT2D eigenvalue weighted by atomic mass is 10.2. The number of hydrogen-bond acceptors (Lipinski definition) is 4. The molecule has 26 heavy (non-hydrogen) atoms. The van der Waals surface area contributed by atoms with Gasteiger partial charge in [0.15, 0.2) is 9.84 Å². The SMILES string of the molecule is CCCCCS(=O)(=O)CC(=O)N1CCN(C(=O)c2cccc(Cl)c2)CC1. The highest BCUT2D eigenvalue weighted by Gasteiger charge is 2.27. The first kappa shape index (κ1) is 20.7. The van der Waals surface area contributed by atoms with Crippen molar-refractivity contribution in [3.8, 4) is 0 Å². The molecule has 8 heteroatoms. The number of nitrogens with zero attached hydrogens (tertiary/aromatic N) is 2. The summed E-state index contributed by atoms with van der Waals surface area (Å²) in [4.78, 5) is 27.9. The molecule has 0 atom stereocenters. The number of sulfone groups is 1. The van der Waals surface area contributed by atoms with E-state index in [1.54, 1.807) is 29.2 Å². The quantitative estimate of drug-likeness (QED) is 0.658. The fourth-order valence-electron chi connectivity index (χ4n) is 2.89.